The van der Waals surface area contributed by atoms with Gasteiger partial charge in [-0.3, -0.25) is 9.69 Å². The molecule has 128 valence electrons. The number of carbonyl (C=O) groups is 1. The highest BCUT2D eigenvalue weighted by molar-refractivity contribution is 5.81. The van der Waals surface area contributed by atoms with E-state index in [-0.39, 0.29) is 11.9 Å². The molecule has 4 nitrogen and oxygen atoms in total. The molecule has 1 aromatic rings. The quantitative estimate of drug-likeness (QED) is 0.802. The zero-order valence-electron chi connectivity index (χ0n) is 14.6. The Labute approximate surface area is 140 Å². The fraction of sp³-hybridized carbons (Fsp3) is 0.632. The van der Waals surface area contributed by atoms with Crippen LogP contribution in [0.5, 0.6) is 0 Å². The van der Waals surface area contributed by atoms with Crippen molar-refractivity contribution in [1.82, 2.24) is 9.80 Å². The molecule has 1 saturated heterocycles. The Morgan fingerprint density at radius 1 is 1.30 bits per heavy atom. The van der Waals surface area contributed by atoms with Crippen molar-refractivity contribution in [3.63, 3.8) is 0 Å². The molecule has 23 heavy (non-hydrogen) atoms. The maximum absolute atomic E-state index is 11.9. The Kier molecular flexibility index (Phi) is 7.06. The molecule has 1 aliphatic rings. The highest BCUT2D eigenvalue weighted by Crippen LogP contribution is 2.27. The second-order valence-corrected chi connectivity index (χ2v) is 6.81. The summed E-state index contributed by atoms with van der Waals surface area (Å²) < 4.78 is 0. The molecule has 2 N–H and O–H groups in total. The number of piperidine rings is 1. The summed E-state index contributed by atoms with van der Waals surface area (Å²) in [5, 5.41) is 0. The fourth-order valence-corrected chi connectivity index (χ4v) is 3.54. The first kappa shape index (κ1) is 18.0. The summed E-state index contributed by atoms with van der Waals surface area (Å²) >= 11 is 0. The van der Waals surface area contributed by atoms with Crippen molar-refractivity contribution in [2.75, 3.05) is 33.2 Å². The molecule has 1 aliphatic heterocycles. The van der Waals surface area contributed by atoms with Crippen molar-refractivity contribution in [3.05, 3.63) is 35.9 Å². The van der Waals surface area contributed by atoms with Crippen LogP contribution < -0.4 is 5.73 Å². The van der Waals surface area contributed by atoms with Gasteiger partial charge in [-0.25, -0.2) is 0 Å². The average Bonchev–Trinajstić information content (AvgIpc) is 2.55. The van der Waals surface area contributed by atoms with Crippen molar-refractivity contribution in [1.29, 1.82) is 0 Å². The lowest BCUT2D eigenvalue weighted by Crippen LogP contribution is -2.44. The van der Waals surface area contributed by atoms with Crippen LogP contribution in [-0.4, -0.2) is 48.9 Å². The molecular weight excluding hydrogens is 286 g/mol. The molecule has 4 heteroatoms. The van der Waals surface area contributed by atoms with Crippen LogP contribution in [0.3, 0.4) is 0 Å². The van der Waals surface area contributed by atoms with Crippen LogP contribution in [0, 0.1) is 5.92 Å². The van der Waals surface area contributed by atoms with E-state index in [0.29, 0.717) is 0 Å². The molecule has 1 heterocycles. The number of hydrogen-bond acceptors (Lipinski definition) is 3. The number of primary amides is 1. The summed E-state index contributed by atoms with van der Waals surface area (Å²) in [6.07, 6.45) is 4.81. The van der Waals surface area contributed by atoms with E-state index in [1.165, 1.54) is 25.9 Å². The van der Waals surface area contributed by atoms with Crippen LogP contribution in [0.4, 0.5) is 0 Å². The predicted molar refractivity (Wildman–Crippen MR) is 95.1 cm³/mol. The summed E-state index contributed by atoms with van der Waals surface area (Å²) in [5.41, 5.74) is 6.69. The second kappa shape index (κ2) is 9.04. The topological polar surface area (TPSA) is 49.6 Å². The van der Waals surface area contributed by atoms with Gasteiger partial charge >= 0.3 is 0 Å². The van der Waals surface area contributed by atoms with Gasteiger partial charge in [-0.05, 0) is 57.4 Å². The maximum atomic E-state index is 11.9. The van der Waals surface area contributed by atoms with Crippen molar-refractivity contribution >= 4 is 5.91 Å². The smallest absolute Gasteiger partial charge is 0.239 e. The van der Waals surface area contributed by atoms with Gasteiger partial charge in [-0.1, -0.05) is 43.7 Å². The summed E-state index contributed by atoms with van der Waals surface area (Å²) in [6.45, 7) is 6.49. The molecule has 0 radical (unpaired) electrons. The number of hydrogen-bond donors (Lipinski definition) is 1. The van der Waals surface area contributed by atoms with Crippen molar-refractivity contribution in [3.8, 4) is 0 Å². The minimum atomic E-state index is -0.282. The van der Waals surface area contributed by atoms with Gasteiger partial charge in [0.1, 0.15) is 6.04 Å². The van der Waals surface area contributed by atoms with Gasteiger partial charge in [-0.15, -0.1) is 0 Å². The molecule has 2 rings (SSSR count). The number of nitrogens with zero attached hydrogens (tertiary/aromatic N) is 2. The first-order valence-corrected chi connectivity index (χ1v) is 8.88. The molecule has 1 aromatic carbocycles. The lowest BCUT2D eigenvalue weighted by molar-refractivity contribution is -0.124. The Balaban J connectivity index is 1.88. The number of nitrogens with two attached hydrogens (primary N) is 1. The first-order chi connectivity index (χ1) is 11.1. The van der Waals surface area contributed by atoms with Crippen LogP contribution in [0.1, 0.15) is 44.2 Å². The minimum absolute atomic E-state index is 0.241. The second-order valence-electron chi connectivity index (χ2n) is 6.81. The zero-order chi connectivity index (χ0) is 16.7. The van der Waals surface area contributed by atoms with Gasteiger partial charge in [0.05, 0.1) is 0 Å². The number of unbranched alkanes of at least 4 members (excludes halogenated alkanes) is 1. The van der Waals surface area contributed by atoms with E-state index in [1.807, 2.05) is 30.3 Å². The van der Waals surface area contributed by atoms with E-state index < -0.39 is 0 Å². The predicted octanol–water partition coefficient (Wildman–Crippen LogP) is 2.66. The average molecular weight is 317 g/mol. The van der Waals surface area contributed by atoms with Crippen molar-refractivity contribution in [2.24, 2.45) is 11.7 Å². The lowest BCUT2D eigenvalue weighted by Gasteiger charge is -2.37. The van der Waals surface area contributed by atoms with Crippen LogP contribution >= 0.6 is 0 Å². The number of rotatable bonds is 8. The van der Waals surface area contributed by atoms with Crippen molar-refractivity contribution in [2.45, 2.75) is 38.6 Å². The normalized spacial score (nSPS) is 18.2. The lowest BCUT2D eigenvalue weighted by atomic mass is 9.93. The van der Waals surface area contributed by atoms with E-state index in [2.05, 4.69) is 23.8 Å². The third-order valence-electron chi connectivity index (χ3n) is 4.86. The van der Waals surface area contributed by atoms with Crippen LogP contribution in [0.25, 0.3) is 0 Å². The molecular formula is C19H31N3O. The van der Waals surface area contributed by atoms with Gasteiger partial charge in [0.15, 0.2) is 0 Å². The third-order valence-corrected chi connectivity index (χ3v) is 4.86. The highest BCUT2D eigenvalue weighted by atomic mass is 16.1. The standard InChI is InChI=1S/C19H31N3O/c1-3-4-12-21(2)15-16-10-13-22(14-11-16)18(19(20)23)17-8-6-5-7-9-17/h5-9,16,18H,3-4,10-15H2,1-2H3,(H2,20,23). The summed E-state index contributed by atoms with van der Waals surface area (Å²) in [6, 6.07) is 9.64. The molecule has 1 atom stereocenters. The summed E-state index contributed by atoms with van der Waals surface area (Å²) in [7, 11) is 2.22. The van der Waals surface area contributed by atoms with E-state index in [4.69, 9.17) is 5.73 Å². The highest BCUT2D eigenvalue weighted by Gasteiger charge is 2.29. The molecule has 1 unspecified atom stereocenters. The van der Waals surface area contributed by atoms with Crippen LogP contribution in [0.2, 0.25) is 0 Å². The fourth-order valence-electron chi connectivity index (χ4n) is 3.54. The molecule has 0 bridgehead atoms. The zero-order valence-corrected chi connectivity index (χ0v) is 14.6. The van der Waals surface area contributed by atoms with Gasteiger partial charge in [-0.2, -0.15) is 0 Å². The van der Waals surface area contributed by atoms with Gasteiger partial charge in [0, 0.05) is 6.54 Å². The number of benzene rings is 1. The largest absolute Gasteiger partial charge is 0.368 e. The van der Waals surface area contributed by atoms with Crippen LogP contribution in [0.15, 0.2) is 30.3 Å². The van der Waals surface area contributed by atoms with E-state index >= 15 is 0 Å². The number of amides is 1. The molecule has 1 amide bonds. The van der Waals surface area contributed by atoms with E-state index in [0.717, 1.165) is 37.4 Å². The Bertz CT molecular complexity index is 469. The molecule has 0 aromatic heterocycles. The van der Waals surface area contributed by atoms with Gasteiger partial charge in [0.25, 0.3) is 0 Å². The Morgan fingerprint density at radius 2 is 1.96 bits per heavy atom. The van der Waals surface area contributed by atoms with Gasteiger partial charge in [0.2, 0.25) is 5.91 Å². The number of likely N-dealkylation sites (tertiary alicyclic amines) is 1. The monoisotopic (exact) mass is 317 g/mol. The number of carbonyl (C=O) groups excluding carboxylic acids is 1. The third kappa shape index (κ3) is 5.33. The van der Waals surface area contributed by atoms with Crippen molar-refractivity contribution < 1.29 is 4.79 Å². The van der Waals surface area contributed by atoms with Crippen LogP contribution in [-0.2, 0) is 4.79 Å². The van der Waals surface area contributed by atoms with Gasteiger partial charge < -0.3 is 10.6 Å². The molecule has 0 saturated carbocycles. The minimum Gasteiger partial charge on any atom is -0.368 e. The summed E-state index contributed by atoms with van der Waals surface area (Å²) in [4.78, 5) is 16.7. The SMILES string of the molecule is CCCCN(C)CC1CCN(C(C(N)=O)c2ccccc2)CC1. The summed E-state index contributed by atoms with van der Waals surface area (Å²) in [5.74, 6) is 0.493. The van der Waals surface area contributed by atoms with E-state index in [9.17, 15) is 4.79 Å². The Morgan fingerprint density at radius 3 is 2.52 bits per heavy atom. The molecule has 0 spiro atoms. The molecule has 0 aliphatic carbocycles. The maximum Gasteiger partial charge on any atom is 0.239 e. The van der Waals surface area contributed by atoms with E-state index in [1.54, 1.807) is 0 Å². The molecule has 1 fully saturated rings. The Hall–Kier alpha value is -1.39. The first-order valence-electron chi connectivity index (χ1n) is 8.88.